The van der Waals surface area contributed by atoms with Crippen LogP contribution in [-0.2, 0) is 9.84 Å². The van der Waals surface area contributed by atoms with Crippen LogP contribution in [0.25, 0.3) is 5.78 Å². The Bertz CT molecular complexity index is 870. The molecule has 3 heterocycles. The first-order chi connectivity index (χ1) is 11.4. The summed E-state index contributed by atoms with van der Waals surface area (Å²) in [5.41, 5.74) is 0.955. The van der Waals surface area contributed by atoms with Gasteiger partial charge in [0.2, 0.25) is 0 Å². The third-order valence-corrected chi connectivity index (χ3v) is 8.21. The second-order valence-corrected chi connectivity index (χ2v) is 9.76. The molecule has 0 bridgehead atoms. The van der Waals surface area contributed by atoms with Crippen molar-refractivity contribution in [3.05, 3.63) is 18.1 Å². The van der Waals surface area contributed by atoms with Crippen LogP contribution in [0, 0.1) is 0 Å². The average molecular weight is 349 g/mol. The molecule has 1 aliphatic heterocycles. The minimum absolute atomic E-state index is 0.211. The maximum Gasteiger partial charge on any atom is 0.254 e. The maximum absolute atomic E-state index is 12.7. The number of aromatic nitrogens is 4. The summed E-state index contributed by atoms with van der Waals surface area (Å²) in [6.07, 6.45) is 4.85. The molecule has 0 N–H and O–H groups in total. The van der Waals surface area contributed by atoms with E-state index in [2.05, 4.69) is 33.8 Å². The number of sulfone groups is 1. The van der Waals surface area contributed by atoms with Gasteiger partial charge in [-0.3, -0.25) is 0 Å². The highest BCUT2D eigenvalue weighted by Crippen LogP contribution is 2.44. The van der Waals surface area contributed by atoms with Crippen molar-refractivity contribution in [2.24, 2.45) is 0 Å². The molecule has 7 nitrogen and oxygen atoms in total. The lowest BCUT2D eigenvalue weighted by Gasteiger charge is -2.40. The molecule has 1 spiro atoms. The van der Waals surface area contributed by atoms with E-state index >= 15 is 0 Å². The quantitative estimate of drug-likeness (QED) is 0.822. The van der Waals surface area contributed by atoms with Crippen molar-refractivity contribution in [1.29, 1.82) is 0 Å². The molecule has 2 aliphatic rings. The minimum atomic E-state index is -3.03. The van der Waals surface area contributed by atoms with Crippen molar-refractivity contribution in [3.8, 4) is 0 Å². The van der Waals surface area contributed by atoms with Gasteiger partial charge < -0.3 is 4.90 Å². The Hall–Kier alpha value is -1.70. The molecule has 1 aliphatic carbocycles. The fraction of sp³-hybridized carbons (Fsp3) is 0.688. The lowest BCUT2D eigenvalue weighted by atomic mass is 9.81. The smallest absolute Gasteiger partial charge is 0.254 e. The zero-order valence-electron chi connectivity index (χ0n) is 14.1. The molecule has 2 aromatic rings. The molecular weight excluding hydrogens is 326 g/mol. The summed E-state index contributed by atoms with van der Waals surface area (Å²) in [6.45, 7) is 5.42. The lowest BCUT2D eigenvalue weighted by molar-refractivity contribution is 0.324. The molecule has 0 unspecified atom stereocenters. The summed E-state index contributed by atoms with van der Waals surface area (Å²) in [5, 5.41) is 4.28. The largest absolute Gasteiger partial charge is 0.355 e. The number of nitrogens with zero attached hydrogens (tertiary/aromatic N) is 5. The van der Waals surface area contributed by atoms with Gasteiger partial charge in [-0.15, -0.1) is 0 Å². The molecule has 130 valence electrons. The first-order valence-corrected chi connectivity index (χ1v) is 10.3. The van der Waals surface area contributed by atoms with Crippen LogP contribution in [0.5, 0.6) is 0 Å². The molecule has 2 fully saturated rings. The van der Waals surface area contributed by atoms with Crippen molar-refractivity contribution in [1.82, 2.24) is 19.6 Å². The van der Waals surface area contributed by atoms with Crippen LogP contribution in [-0.4, -0.2) is 51.6 Å². The average Bonchev–Trinajstić information content (AvgIpc) is 2.90. The number of hydrogen-bond donors (Lipinski definition) is 0. The Morgan fingerprint density at radius 1 is 1.21 bits per heavy atom. The number of hydrogen-bond acceptors (Lipinski definition) is 6. The number of rotatable bonds is 2. The van der Waals surface area contributed by atoms with Crippen LogP contribution in [0.4, 0.5) is 5.82 Å². The third-order valence-electron chi connectivity index (χ3n) is 5.56. The number of anilines is 1. The van der Waals surface area contributed by atoms with E-state index in [0.29, 0.717) is 18.7 Å². The van der Waals surface area contributed by atoms with Gasteiger partial charge in [0.25, 0.3) is 5.78 Å². The summed E-state index contributed by atoms with van der Waals surface area (Å²) in [4.78, 5) is 10.9. The molecule has 0 amide bonds. The second-order valence-electron chi connectivity index (χ2n) is 7.26. The molecule has 8 heteroatoms. The Labute approximate surface area is 142 Å². The van der Waals surface area contributed by atoms with E-state index in [1.54, 1.807) is 4.52 Å². The Kier molecular flexibility index (Phi) is 3.56. The summed E-state index contributed by atoms with van der Waals surface area (Å²) in [5.74, 6) is 1.95. The summed E-state index contributed by atoms with van der Waals surface area (Å²) in [6, 6.07) is 2.03. The van der Waals surface area contributed by atoms with Gasteiger partial charge in [-0.1, -0.05) is 20.3 Å². The van der Waals surface area contributed by atoms with Gasteiger partial charge in [-0.2, -0.15) is 14.6 Å². The van der Waals surface area contributed by atoms with Gasteiger partial charge in [0.15, 0.2) is 9.84 Å². The van der Waals surface area contributed by atoms with E-state index in [9.17, 15) is 8.42 Å². The first-order valence-electron chi connectivity index (χ1n) is 8.60. The molecule has 0 atom stereocenters. The molecule has 0 radical (unpaired) electrons. The predicted octanol–water partition coefficient (Wildman–Crippen LogP) is 1.80. The molecule has 24 heavy (non-hydrogen) atoms. The van der Waals surface area contributed by atoms with Crippen molar-refractivity contribution in [2.45, 2.75) is 50.2 Å². The fourth-order valence-corrected chi connectivity index (χ4v) is 5.96. The molecule has 0 aromatic carbocycles. The van der Waals surface area contributed by atoms with Crippen molar-refractivity contribution < 1.29 is 8.42 Å². The Morgan fingerprint density at radius 3 is 2.67 bits per heavy atom. The number of fused-ring (bicyclic) bond motifs is 1. The summed E-state index contributed by atoms with van der Waals surface area (Å²) >= 11 is 0. The van der Waals surface area contributed by atoms with Crippen LogP contribution >= 0.6 is 0 Å². The molecule has 4 rings (SSSR count). The highest BCUT2D eigenvalue weighted by molar-refractivity contribution is 7.92. The monoisotopic (exact) mass is 349 g/mol. The molecular formula is C16H23N5O2S. The van der Waals surface area contributed by atoms with Crippen LogP contribution in [0.3, 0.4) is 0 Å². The molecule has 1 saturated heterocycles. The highest BCUT2D eigenvalue weighted by atomic mass is 32.2. The minimum Gasteiger partial charge on any atom is -0.355 e. The second kappa shape index (κ2) is 5.40. The SMILES string of the molecule is CC(C)c1cc(N2CCC3(CCC3)S(=O)(=O)CC2)n2ncnc2n1. The van der Waals surface area contributed by atoms with Gasteiger partial charge in [-0.25, -0.2) is 13.4 Å². The van der Waals surface area contributed by atoms with Crippen LogP contribution in [0.15, 0.2) is 12.4 Å². The van der Waals surface area contributed by atoms with Gasteiger partial charge in [-0.05, 0) is 25.2 Å². The topological polar surface area (TPSA) is 80.5 Å². The van der Waals surface area contributed by atoms with Crippen molar-refractivity contribution >= 4 is 21.4 Å². The normalized spacial score (nSPS) is 22.7. The van der Waals surface area contributed by atoms with Gasteiger partial charge in [0.05, 0.1) is 16.2 Å². The van der Waals surface area contributed by atoms with E-state index in [1.807, 2.05) is 6.07 Å². The van der Waals surface area contributed by atoms with Crippen molar-refractivity contribution in [2.75, 3.05) is 23.7 Å². The molecule has 2 aromatic heterocycles. The van der Waals surface area contributed by atoms with E-state index in [1.165, 1.54) is 6.33 Å². The fourth-order valence-electron chi connectivity index (χ4n) is 3.75. The lowest BCUT2D eigenvalue weighted by Crippen LogP contribution is -2.46. The van der Waals surface area contributed by atoms with E-state index in [0.717, 1.165) is 37.3 Å². The van der Waals surface area contributed by atoms with Gasteiger partial charge >= 0.3 is 0 Å². The van der Waals surface area contributed by atoms with Crippen LogP contribution in [0.1, 0.15) is 51.1 Å². The first kappa shape index (κ1) is 15.8. The highest BCUT2D eigenvalue weighted by Gasteiger charge is 2.49. The zero-order valence-corrected chi connectivity index (χ0v) is 15.0. The van der Waals surface area contributed by atoms with Crippen molar-refractivity contribution in [3.63, 3.8) is 0 Å². The van der Waals surface area contributed by atoms with Gasteiger partial charge in [0.1, 0.15) is 12.1 Å². The predicted molar refractivity (Wildman–Crippen MR) is 92.1 cm³/mol. The van der Waals surface area contributed by atoms with Crippen LogP contribution in [0.2, 0.25) is 0 Å². The standard InChI is InChI=1S/C16H23N5O2S/c1-12(2)13-10-14(21-15(19-13)17-11-18-21)20-7-6-16(4-3-5-16)24(22,23)9-8-20/h10-12H,3-9H2,1-2H3. The summed E-state index contributed by atoms with van der Waals surface area (Å²) < 4.78 is 26.6. The summed E-state index contributed by atoms with van der Waals surface area (Å²) in [7, 11) is -3.03. The maximum atomic E-state index is 12.7. The van der Waals surface area contributed by atoms with E-state index in [4.69, 9.17) is 0 Å². The van der Waals surface area contributed by atoms with E-state index in [-0.39, 0.29) is 11.7 Å². The van der Waals surface area contributed by atoms with Crippen LogP contribution < -0.4 is 4.90 Å². The molecule has 1 saturated carbocycles. The Morgan fingerprint density at radius 2 is 2.00 bits per heavy atom. The Balaban J connectivity index is 1.74. The van der Waals surface area contributed by atoms with E-state index < -0.39 is 14.6 Å². The third kappa shape index (κ3) is 2.30. The zero-order chi connectivity index (χ0) is 16.9. The van der Waals surface area contributed by atoms with Gasteiger partial charge in [0, 0.05) is 19.2 Å².